The Hall–Kier alpha value is -2.55. The third-order valence-electron chi connectivity index (χ3n) is 1.87. The summed E-state index contributed by atoms with van der Waals surface area (Å²) < 4.78 is 4.38. The van der Waals surface area contributed by atoms with Crippen molar-refractivity contribution < 1.29 is 19.6 Å². The van der Waals surface area contributed by atoms with Crippen LogP contribution in [-0.4, -0.2) is 23.1 Å². The summed E-state index contributed by atoms with van der Waals surface area (Å²) in [6, 6.07) is 3.71. The van der Waals surface area contributed by atoms with Crippen molar-refractivity contribution in [3.8, 4) is 17.6 Å². The van der Waals surface area contributed by atoms with Gasteiger partial charge in [-0.05, 0) is 6.07 Å². The number of ether oxygens (including phenoxy) is 1. The second-order valence-corrected chi connectivity index (χ2v) is 3.02. The van der Waals surface area contributed by atoms with E-state index in [0.29, 0.717) is 5.56 Å². The van der Waals surface area contributed by atoms with E-state index >= 15 is 0 Å². The van der Waals surface area contributed by atoms with Gasteiger partial charge in [0.15, 0.2) is 5.75 Å². The molecule has 0 atom stereocenters. The molecule has 1 aromatic carbocycles. The Morgan fingerprint density at radius 3 is 2.82 bits per heavy atom. The molecule has 0 bridgehead atoms. The molecule has 0 aliphatic heterocycles. The van der Waals surface area contributed by atoms with Crippen molar-refractivity contribution in [2.24, 2.45) is 0 Å². The summed E-state index contributed by atoms with van der Waals surface area (Å²) in [4.78, 5) is 20.5. The maximum Gasteiger partial charge on any atom is 0.317 e. The van der Waals surface area contributed by atoms with Crippen LogP contribution in [0.2, 0.25) is 0 Å². The van der Waals surface area contributed by atoms with Crippen LogP contribution >= 0.6 is 0 Å². The van der Waals surface area contributed by atoms with Crippen molar-refractivity contribution in [1.82, 2.24) is 0 Å². The molecule has 0 spiro atoms. The van der Waals surface area contributed by atoms with Crippen LogP contribution in [0.1, 0.15) is 12.0 Å². The van der Waals surface area contributed by atoms with Crippen molar-refractivity contribution in [1.29, 1.82) is 0 Å². The van der Waals surface area contributed by atoms with Gasteiger partial charge in [-0.3, -0.25) is 14.9 Å². The molecule has 0 amide bonds. The Kier molecular flexibility index (Phi) is 4.06. The van der Waals surface area contributed by atoms with E-state index in [9.17, 15) is 20.0 Å². The summed E-state index contributed by atoms with van der Waals surface area (Å²) in [6.45, 7) is 0. The molecule has 1 aromatic rings. The first-order valence-electron chi connectivity index (χ1n) is 4.57. The number of rotatable bonds is 2. The van der Waals surface area contributed by atoms with Gasteiger partial charge < -0.3 is 9.84 Å². The highest BCUT2D eigenvalue weighted by Gasteiger charge is 2.11. The van der Waals surface area contributed by atoms with Crippen LogP contribution in [0.5, 0.6) is 5.75 Å². The number of nitro benzene ring substituents is 1. The summed E-state index contributed by atoms with van der Waals surface area (Å²) in [5, 5.41) is 19.7. The lowest BCUT2D eigenvalue weighted by Crippen LogP contribution is -1.97. The summed E-state index contributed by atoms with van der Waals surface area (Å²) in [6.07, 6.45) is -0.0751. The van der Waals surface area contributed by atoms with E-state index in [1.54, 1.807) is 0 Å². The zero-order valence-corrected chi connectivity index (χ0v) is 8.97. The molecule has 6 heteroatoms. The Morgan fingerprint density at radius 1 is 1.59 bits per heavy atom. The molecule has 0 aliphatic rings. The third kappa shape index (κ3) is 3.50. The average Bonchev–Trinajstić information content (AvgIpc) is 2.28. The second kappa shape index (κ2) is 5.51. The number of carbonyl (C=O) groups excluding carboxylic acids is 1. The number of carbonyl (C=O) groups is 1. The molecule has 0 unspecified atom stereocenters. The fraction of sp³-hybridized carbons (Fsp3) is 0.182. The van der Waals surface area contributed by atoms with E-state index in [1.165, 1.54) is 19.2 Å². The van der Waals surface area contributed by atoms with Gasteiger partial charge in [0.1, 0.15) is 6.42 Å². The Balaban J connectivity index is 2.84. The van der Waals surface area contributed by atoms with Crippen LogP contribution in [0.3, 0.4) is 0 Å². The first kappa shape index (κ1) is 12.5. The van der Waals surface area contributed by atoms with Crippen molar-refractivity contribution >= 4 is 11.7 Å². The van der Waals surface area contributed by atoms with E-state index < -0.39 is 16.6 Å². The van der Waals surface area contributed by atoms with Crippen LogP contribution in [0, 0.1) is 22.0 Å². The molecule has 0 saturated heterocycles. The molecule has 0 radical (unpaired) electrons. The topological polar surface area (TPSA) is 89.7 Å². The van der Waals surface area contributed by atoms with E-state index in [1.807, 2.05) is 0 Å². The van der Waals surface area contributed by atoms with Crippen molar-refractivity contribution in [3.63, 3.8) is 0 Å². The van der Waals surface area contributed by atoms with Crippen LogP contribution in [-0.2, 0) is 9.53 Å². The second-order valence-electron chi connectivity index (χ2n) is 3.02. The predicted molar refractivity (Wildman–Crippen MR) is 58.3 cm³/mol. The molecular weight excluding hydrogens is 226 g/mol. The van der Waals surface area contributed by atoms with Gasteiger partial charge in [0.25, 0.3) is 0 Å². The summed E-state index contributed by atoms with van der Waals surface area (Å²) in [5.74, 6) is 4.18. The minimum absolute atomic E-state index is 0.0751. The number of benzene rings is 1. The number of esters is 1. The van der Waals surface area contributed by atoms with Crippen LogP contribution in [0.25, 0.3) is 0 Å². The normalized spacial score (nSPS) is 9.00. The molecule has 0 aromatic heterocycles. The lowest BCUT2D eigenvalue weighted by molar-refractivity contribution is -0.385. The number of aromatic hydroxyl groups is 1. The van der Waals surface area contributed by atoms with Crippen LogP contribution in [0.4, 0.5) is 5.69 Å². The highest BCUT2D eigenvalue weighted by atomic mass is 16.6. The third-order valence-corrected chi connectivity index (χ3v) is 1.87. The Labute approximate surface area is 97.0 Å². The molecule has 6 nitrogen and oxygen atoms in total. The lowest BCUT2D eigenvalue weighted by atomic mass is 10.2. The maximum atomic E-state index is 10.7. The number of phenolic OH excluding ortho intramolecular Hbond substituents is 1. The first-order chi connectivity index (χ1) is 8.04. The smallest absolute Gasteiger partial charge is 0.317 e. The number of nitro groups is 1. The van der Waals surface area contributed by atoms with E-state index in [-0.39, 0.29) is 12.1 Å². The largest absolute Gasteiger partial charge is 0.502 e. The molecular formula is C11H9NO5. The lowest BCUT2D eigenvalue weighted by Gasteiger charge is -1.95. The summed E-state index contributed by atoms with van der Waals surface area (Å²) in [7, 11) is 1.25. The van der Waals surface area contributed by atoms with Gasteiger partial charge in [-0.2, -0.15) is 0 Å². The van der Waals surface area contributed by atoms with Gasteiger partial charge in [0, 0.05) is 17.7 Å². The standard InChI is InChI=1S/C11H9NO5/c1-17-11(14)4-2-3-8-5-6-9(12(15)16)10(13)7-8/h5-7,13H,4H2,1H3. The molecule has 0 saturated carbocycles. The quantitative estimate of drug-likeness (QED) is 0.360. The number of nitrogens with zero attached hydrogens (tertiary/aromatic N) is 1. The van der Waals surface area contributed by atoms with Gasteiger partial charge in [-0.25, -0.2) is 0 Å². The van der Waals surface area contributed by atoms with Crippen molar-refractivity contribution in [2.75, 3.05) is 7.11 Å². The molecule has 0 aliphatic carbocycles. The highest BCUT2D eigenvalue weighted by Crippen LogP contribution is 2.25. The fourth-order valence-corrected chi connectivity index (χ4v) is 1.05. The fourth-order valence-electron chi connectivity index (χ4n) is 1.05. The van der Waals surface area contributed by atoms with Gasteiger partial charge in [-0.1, -0.05) is 11.8 Å². The molecule has 0 fully saturated rings. The molecule has 0 heterocycles. The predicted octanol–water partition coefficient (Wildman–Crippen LogP) is 1.21. The van der Waals surface area contributed by atoms with Crippen molar-refractivity contribution in [2.45, 2.75) is 6.42 Å². The van der Waals surface area contributed by atoms with E-state index in [4.69, 9.17) is 0 Å². The summed E-state index contributed by atoms with van der Waals surface area (Å²) >= 11 is 0. The zero-order chi connectivity index (χ0) is 12.8. The van der Waals surface area contributed by atoms with Gasteiger partial charge in [0.2, 0.25) is 0 Å². The van der Waals surface area contributed by atoms with Gasteiger partial charge >= 0.3 is 11.7 Å². The highest BCUT2D eigenvalue weighted by molar-refractivity contribution is 5.72. The van der Waals surface area contributed by atoms with Gasteiger partial charge in [0.05, 0.1) is 12.0 Å². The van der Waals surface area contributed by atoms with Gasteiger partial charge in [-0.15, -0.1) is 0 Å². The molecule has 1 N–H and O–H groups in total. The molecule has 88 valence electrons. The monoisotopic (exact) mass is 235 g/mol. The van der Waals surface area contributed by atoms with Crippen molar-refractivity contribution in [3.05, 3.63) is 33.9 Å². The Bertz CT molecular complexity index is 512. The minimum Gasteiger partial charge on any atom is -0.502 e. The SMILES string of the molecule is COC(=O)CC#Cc1ccc([N+](=O)[O-])c(O)c1. The van der Waals surface area contributed by atoms with E-state index in [0.717, 1.165) is 6.07 Å². The number of hydrogen-bond acceptors (Lipinski definition) is 5. The minimum atomic E-state index is -0.693. The van der Waals surface area contributed by atoms with Crippen LogP contribution in [0.15, 0.2) is 18.2 Å². The summed E-state index contributed by atoms with van der Waals surface area (Å²) in [5.41, 5.74) is 0.000482. The molecule has 1 rings (SSSR count). The number of hydrogen-bond donors (Lipinski definition) is 1. The Morgan fingerprint density at radius 2 is 2.29 bits per heavy atom. The van der Waals surface area contributed by atoms with E-state index in [2.05, 4.69) is 16.6 Å². The molecule has 17 heavy (non-hydrogen) atoms. The van der Waals surface area contributed by atoms with Crippen LogP contribution < -0.4 is 0 Å². The first-order valence-corrected chi connectivity index (χ1v) is 4.57. The number of phenols is 1. The average molecular weight is 235 g/mol. The zero-order valence-electron chi connectivity index (χ0n) is 8.97. The maximum absolute atomic E-state index is 10.7. The number of methoxy groups -OCH3 is 1.